The molecule has 0 saturated heterocycles. The fraction of sp³-hybridized carbons (Fsp3) is 0.562. The fourth-order valence-corrected chi connectivity index (χ4v) is 1.78. The number of ether oxygens (including phenoxy) is 1. The number of amides is 1. The van der Waals surface area contributed by atoms with E-state index in [4.69, 9.17) is 4.74 Å². The topological polar surface area (TPSA) is 50.4 Å². The van der Waals surface area contributed by atoms with E-state index in [1.165, 1.54) is 12.8 Å². The first-order chi connectivity index (χ1) is 9.76. The zero-order valence-corrected chi connectivity index (χ0v) is 12.6. The Morgan fingerprint density at radius 2 is 1.85 bits per heavy atom. The summed E-state index contributed by atoms with van der Waals surface area (Å²) in [5.41, 5.74) is 6.71. The Bertz CT molecular complexity index is 377. The SMILES string of the molecule is CCCCCOc1ccc(CNNC(=O)CCC)cc1. The molecule has 1 aromatic carbocycles. The van der Waals surface area contributed by atoms with Crippen molar-refractivity contribution in [3.8, 4) is 5.75 Å². The van der Waals surface area contributed by atoms with Crippen molar-refractivity contribution >= 4 is 5.91 Å². The minimum absolute atomic E-state index is 0.0309. The van der Waals surface area contributed by atoms with Crippen LogP contribution in [0.15, 0.2) is 24.3 Å². The summed E-state index contributed by atoms with van der Waals surface area (Å²) in [4.78, 5) is 11.3. The van der Waals surface area contributed by atoms with Crippen molar-refractivity contribution in [3.63, 3.8) is 0 Å². The van der Waals surface area contributed by atoms with Crippen molar-refractivity contribution in [3.05, 3.63) is 29.8 Å². The Hall–Kier alpha value is -1.55. The lowest BCUT2D eigenvalue weighted by molar-refractivity contribution is -0.122. The van der Waals surface area contributed by atoms with Gasteiger partial charge >= 0.3 is 0 Å². The smallest absolute Gasteiger partial charge is 0.234 e. The molecule has 0 bridgehead atoms. The first-order valence-corrected chi connectivity index (χ1v) is 7.49. The van der Waals surface area contributed by atoms with Gasteiger partial charge in [-0.1, -0.05) is 38.8 Å². The van der Waals surface area contributed by atoms with E-state index in [-0.39, 0.29) is 5.91 Å². The Kier molecular flexibility index (Phi) is 8.47. The number of carbonyl (C=O) groups excluding carboxylic acids is 1. The van der Waals surface area contributed by atoms with E-state index < -0.39 is 0 Å². The number of carbonyl (C=O) groups is 1. The maximum absolute atomic E-state index is 11.3. The van der Waals surface area contributed by atoms with E-state index in [1.54, 1.807) is 0 Å². The van der Waals surface area contributed by atoms with Gasteiger partial charge in [-0.15, -0.1) is 0 Å². The van der Waals surface area contributed by atoms with Crippen molar-refractivity contribution in [1.82, 2.24) is 10.9 Å². The third-order valence-corrected chi connectivity index (χ3v) is 2.94. The van der Waals surface area contributed by atoms with E-state index >= 15 is 0 Å². The molecule has 112 valence electrons. The number of hydrogen-bond acceptors (Lipinski definition) is 3. The molecule has 0 aromatic heterocycles. The van der Waals surface area contributed by atoms with Gasteiger partial charge in [-0.05, 0) is 30.5 Å². The van der Waals surface area contributed by atoms with Crippen LogP contribution in [-0.2, 0) is 11.3 Å². The summed E-state index contributed by atoms with van der Waals surface area (Å²) in [6.07, 6.45) is 4.93. The van der Waals surface area contributed by atoms with E-state index in [2.05, 4.69) is 17.8 Å². The zero-order valence-electron chi connectivity index (χ0n) is 12.6. The average molecular weight is 278 g/mol. The van der Waals surface area contributed by atoms with Crippen LogP contribution in [0, 0.1) is 0 Å². The number of hydrazine groups is 1. The molecule has 0 atom stereocenters. The highest BCUT2D eigenvalue weighted by molar-refractivity contribution is 5.75. The monoisotopic (exact) mass is 278 g/mol. The Balaban J connectivity index is 2.23. The molecule has 20 heavy (non-hydrogen) atoms. The summed E-state index contributed by atoms with van der Waals surface area (Å²) < 4.78 is 5.65. The van der Waals surface area contributed by atoms with Gasteiger partial charge in [0.25, 0.3) is 0 Å². The highest BCUT2D eigenvalue weighted by Crippen LogP contribution is 2.12. The maximum Gasteiger partial charge on any atom is 0.234 e. The van der Waals surface area contributed by atoms with Crippen molar-refractivity contribution in [2.24, 2.45) is 0 Å². The highest BCUT2D eigenvalue weighted by Gasteiger charge is 1.99. The molecule has 1 amide bonds. The van der Waals surface area contributed by atoms with Crippen LogP contribution in [0.5, 0.6) is 5.75 Å². The minimum Gasteiger partial charge on any atom is -0.494 e. The van der Waals surface area contributed by atoms with Gasteiger partial charge in [-0.25, -0.2) is 5.43 Å². The zero-order chi connectivity index (χ0) is 14.6. The minimum atomic E-state index is 0.0309. The van der Waals surface area contributed by atoms with Gasteiger partial charge in [0.2, 0.25) is 5.91 Å². The summed E-state index contributed by atoms with van der Waals surface area (Å²) in [5, 5.41) is 0. The van der Waals surface area contributed by atoms with Crippen molar-refractivity contribution in [2.75, 3.05) is 6.61 Å². The van der Waals surface area contributed by atoms with Gasteiger partial charge in [0, 0.05) is 13.0 Å². The standard InChI is InChI=1S/C16H26N2O2/c1-3-5-6-12-20-15-10-8-14(9-11-15)13-17-18-16(19)7-4-2/h8-11,17H,3-7,12-13H2,1-2H3,(H,18,19). The Morgan fingerprint density at radius 3 is 2.50 bits per heavy atom. The number of unbranched alkanes of at least 4 members (excludes halogenated alkanes) is 2. The first kappa shape index (κ1) is 16.5. The predicted octanol–water partition coefficient (Wildman–Crippen LogP) is 3.18. The van der Waals surface area contributed by atoms with E-state index in [0.29, 0.717) is 13.0 Å². The second-order valence-electron chi connectivity index (χ2n) is 4.85. The molecule has 4 heteroatoms. The maximum atomic E-state index is 11.3. The lowest BCUT2D eigenvalue weighted by atomic mass is 10.2. The summed E-state index contributed by atoms with van der Waals surface area (Å²) in [6.45, 7) is 5.56. The molecule has 4 nitrogen and oxygen atoms in total. The Labute approximate surface area is 121 Å². The second kappa shape index (κ2) is 10.3. The molecule has 0 aliphatic carbocycles. The van der Waals surface area contributed by atoms with Crippen LogP contribution in [0.25, 0.3) is 0 Å². The fourth-order valence-electron chi connectivity index (χ4n) is 1.78. The third-order valence-electron chi connectivity index (χ3n) is 2.94. The quantitative estimate of drug-likeness (QED) is 0.510. The number of hydrogen-bond donors (Lipinski definition) is 2. The molecule has 1 aromatic rings. The number of benzene rings is 1. The molecule has 0 fully saturated rings. The summed E-state index contributed by atoms with van der Waals surface area (Å²) in [5.74, 6) is 0.934. The molecular formula is C16H26N2O2. The molecule has 0 unspecified atom stereocenters. The summed E-state index contributed by atoms with van der Waals surface area (Å²) >= 11 is 0. The van der Waals surface area contributed by atoms with Crippen LogP contribution in [-0.4, -0.2) is 12.5 Å². The van der Waals surface area contributed by atoms with Crippen LogP contribution in [0.1, 0.15) is 51.5 Å². The van der Waals surface area contributed by atoms with Crippen LogP contribution < -0.4 is 15.6 Å². The number of rotatable bonds is 10. The average Bonchev–Trinajstić information content (AvgIpc) is 2.45. The van der Waals surface area contributed by atoms with Gasteiger partial charge in [-0.3, -0.25) is 10.2 Å². The first-order valence-electron chi connectivity index (χ1n) is 7.49. The normalized spacial score (nSPS) is 10.3. The van der Waals surface area contributed by atoms with E-state index in [1.807, 2.05) is 31.2 Å². The molecule has 0 radical (unpaired) electrons. The van der Waals surface area contributed by atoms with Crippen molar-refractivity contribution < 1.29 is 9.53 Å². The molecule has 0 aliphatic heterocycles. The van der Waals surface area contributed by atoms with Gasteiger partial charge in [0.15, 0.2) is 0 Å². The van der Waals surface area contributed by atoms with Gasteiger partial charge in [0.05, 0.1) is 6.61 Å². The van der Waals surface area contributed by atoms with E-state index in [9.17, 15) is 4.79 Å². The van der Waals surface area contributed by atoms with E-state index in [0.717, 1.165) is 30.8 Å². The summed E-state index contributed by atoms with van der Waals surface area (Å²) in [6, 6.07) is 7.95. The third kappa shape index (κ3) is 7.14. The molecular weight excluding hydrogens is 252 g/mol. The van der Waals surface area contributed by atoms with Crippen LogP contribution >= 0.6 is 0 Å². The molecule has 0 saturated carbocycles. The summed E-state index contributed by atoms with van der Waals surface area (Å²) in [7, 11) is 0. The van der Waals surface area contributed by atoms with Gasteiger partial charge in [-0.2, -0.15) is 0 Å². The number of nitrogens with one attached hydrogen (secondary N) is 2. The van der Waals surface area contributed by atoms with Gasteiger partial charge in [0.1, 0.15) is 5.75 Å². The molecule has 2 N–H and O–H groups in total. The molecule has 1 rings (SSSR count). The molecule has 0 aliphatic rings. The lowest BCUT2D eigenvalue weighted by Gasteiger charge is -2.08. The van der Waals surface area contributed by atoms with Crippen LogP contribution in [0.4, 0.5) is 0 Å². The van der Waals surface area contributed by atoms with Gasteiger partial charge < -0.3 is 4.74 Å². The molecule has 0 heterocycles. The van der Waals surface area contributed by atoms with Crippen molar-refractivity contribution in [2.45, 2.75) is 52.5 Å². The Morgan fingerprint density at radius 1 is 1.10 bits per heavy atom. The largest absolute Gasteiger partial charge is 0.494 e. The lowest BCUT2D eigenvalue weighted by Crippen LogP contribution is -2.36. The van der Waals surface area contributed by atoms with Crippen LogP contribution in [0.2, 0.25) is 0 Å². The highest BCUT2D eigenvalue weighted by atomic mass is 16.5. The predicted molar refractivity (Wildman–Crippen MR) is 81.4 cm³/mol. The van der Waals surface area contributed by atoms with Crippen molar-refractivity contribution in [1.29, 1.82) is 0 Å². The molecule has 0 spiro atoms. The second-order valence-corrected chi connectivity index (χ2v) is 4.85. The van der Waals surface area contributed by atoms with Crippen LogP contribution in [0.3, 0.4) is 0 Å².